The van der Waals surface area contributed by atoms with E-state index in [1.54, 1.807) is 0 Å². The van der Waals surface area contributed by atoms with Gasteiger partial charge in [0, 0.05) is 22.5 Å². The molecule has 0 aromatic heterocycles. The third kappa shape index (κ3) is 5.78. The van der Waals surface area contributed by atoms with E-state index in [9.17, 15) is 0 Å². The van der Waals surface area contributed by atoms with Gasteiger partial charge < -0.3 is 17.2 Å². The highest BCUT2D eigenvalue weighted by atomic mass is 14.5. The van der Waals surface area contributed by atoms with Crippen LogP contribution in [-0.2, 0) is 11.8 Å². The maximum atomic E-state index is 5.84. The van der Waals surface area contributed by atoms with Crippen molar-refractivity contribution in [3.63, 3.8) is 0 Å². The van der Waals surface area contributed by atoms with Crippen molar-refractivity contribution in [2.45, 2.75) is 39.0 Å². The van der Waals surface area contributed by atoms with E-state index in [1.165, 1.54) is 23.1 Å². The minimum absolute atomic E-state index is 0.0664. The molecule has 0 spiro atoms. The van der Waals surface area contributed by atoms with Crippen molar-refractivity contribution in [2.75, 3.05) is 17.2 Å². The zero-order valence-electron chi connectivity index (χ0n) is 16.6. The molecule has 27 heavy (non-hydrogen) atoms. The van der Waals surface area contributed by atoms with E-state index in [0.717, 1.165) is 23.5 Å². The van der Waals surface area contributed by atoms with E-state index in [-0.39, 0.29) is 5.41 Å². The van der Waals surface area contributed by atoms with Crippen molar-refractivity contribution in [1.29, 1.82) is 0 Å². The van der Waals surface area contributed by atoms with Gasteiger partial charge in [0.2, 0.25) is 0 Å². The molecule has 142 valence electrons. The van der Waals surface area contributed by atoms with E-state index < -0.39 is 0 Å². The number of hydrogen-bond donors (Lipinski definition) is 3. The second kappa shape index (κ2) is 9.13. The average molecular weight is 362 g/mol. The molecule has 3 rings (SSSR count). The third-order valence-corrected chi connectivity index (χ3v) is 4.73. The van der Waals surface area contributed by atoms with E-state index >= 15 is 0 Å². The molecule has 6 N–H and O–H groups in total. The molecule has 0 unspecified atom stereocenters. The van der Waals surface area contributed by atoms with Gasteiger partial charge in [0.15, 0.2) is 0 Å². The number of hydrogen-bond acceptors (Lipinski definition) is 3. The van der Waals surface area contributed by atoms with Crippen LogP contribution in [0.15, 0.2) is 72.8 Å². The summed E-state index contributed by atoms with van der Waals surface area (Å²) in [6.45, 7) is 6.55. The molecule has 0 bridgehead atoms. The highest BCUT2D eigenvalue weighted by molar-refractivity contribution is 5.49. The highest BCUT2D eigenvalue weighted by Gasteiger charge is 2.22. The maximum Gasteiger partial charge on any atom is 0.0317 e. The summed E-state index contributed by atoms with van der Waals surface area (Å²) < 4.78 is 0. The molecule has 0 aliphatic carbocycles. The average Bonchev–Trinajstić information content (AvgIpc) is 2.63. The molecular formula is C24H31N3. The Hall–Kier alpha value is -2.94. The minimum atomic E-state index is -0.0664. The van der Waals surface area contributed by atoms with Gasteiger partial charge in [0.1, 0.15) is 0 Å². The Morgan fingerprint density at radius 3 is 1.81 bits per heavy atom. The molecule has 3 heteroatoms. The standard InChI is InChI=1S/C15H18N2.C9H13N/c1-15(2,11-6-8-13(16)9-7-11)12-4-3-5-14(17)10-12;1-2-4-8-5-3-6-9(10)7-8/h3-10H,16-17H2,1-2H3;3,5-7H,2,4,10H2,1H3. The lowest BCUT2D eigenvalue weighted by Crippen LogP contribution is -2.19. The zero-order chi connectivity index (χ0) is 19.9. The van der Waals surface area contributed by atoms with Crippen LogP contribution >= 0.6 is 0 Å². The smallest absolute Gasteiger partial charge is 0.0317 e. The van der Waals surface area contributed by atoms with Crippen molar-refractivity contribution in [3.05, 3.63) is 89.5 Å². The summed E-state index contributed by atoms with van der Waals surface area (Å²) in [7, 11) is 0. The molecule has 0 saturated heterocycles. The van der Waals surface area contributed by atoms with Crippen LogP contribution in [0.4, 0.5) is 17.1 Å². The van der Waals surface area contributed by atoms with Crippen molar-refractivity contribution < 1.29 is 0 Å². The lowest BCUT2D eigenvalue weighted by molar-refractivity contribution is 0.641. The molecule has 0 aliphatic heterocycles. The van der Waals surface area contributed by atoms with Crippen LogP contribution in [0.25, 0.3) is 0 Å². The van der Waals surface area contributed by atoms with Crippen LogP contribution in [0.3, 0.4) is 0 Å². The second-order valence-corrected chi connectivity index (χ2v) is 7.37. The molecule has 0 fully saturated rings. The minimum Gasteiger partial charge on any atom is -0.399 e. The molecule has 3 nitrogen and oxygen atoms in total. The monoisotopic (exact) mass is 361 g/mol. The molecule has 0 atom stereocenters. The van der Waals surface area contributed by atoms with Gasteiger partial charge in [0.05, 0.1) is 0 Å². The topological polar surface area (TPSA) is 78.1 Å². The van der Waals surface area contributed by atoms with Crippen molar-refractivity contribution in [1.82, 2.24) is 0 Å². The molecule has 3 aromatic carbocycles. The van der Waals surface area contributed by atoms with Gasteiger partial charge in [-0.2, -0.15) is 0 Å². The number of nitrogen functional groups attached to an aromatic ring is 3. The van der Waals surface area contributed by atoms with Crippen LogP contribution in [0.1, 0.15) is 43.9 Å². The fourth-order valence-electron chi connectivity index (χ4n) is 3.03. The lowest BCUT2D eigenvalue weighted by atomic mass is 9.78. The third-order valence-electron chi connectivity index (χ3n) is 4.73. The van der Waals surface area contributed by atoms with Gasteiger partial charge >= 0.3 is 0 Å². The van der Waals surface area contributed by atoms with Gasteiger partial charge in [-0.15, -0.1) is 0 Å². The Labute approximate surface area is 163 Å². The Morgan fingerprint density at radius 2 is 1.26 bits per heavy atom. The van der Waals surface area contributed by atoms with Crippen molar-refractivity contribution >= 4 is 17.1 Å². The molecular weight excluding hydrogens is 330 g/mol. The Balaban J connectivity index is 0.000000223. The number of benzene rings is 3. The fourth-order valence-corrected chi connectivity index (χ4v) is 3.03. The first-order chi connectivity index (χ1) is 12.8. The Kier molecular flexibility index (Phi) is 6.89. The van der Waals surface area contributed by atoms with Crippen LogP contribution in [0.5, 0.6) is 0 Å². The van der Waals surface area contributed by atoms with E-state index in [4.69, 9.17) is 17.2 Å². The SMILES string of the molecule is CC(C)(c1ccc(N)cc1)c1cccc(N)c1.CCCc1cccc(N)c1. The molecule has 0 heterocycles. The van der Waals surface area contributed by atoms with E-state index in [0.29, 0.717) is 0 Å². The largest absolute Gasteiger partial charge is 0.399 e. The summed E-state index contributed by atoms with van der Waals surface area (Å²) >= 11 is 0. The second-order valence-electron chi connectivity index (χ2n) is 7.37. The summed E-state index contributed by atoms with van der Waals surface area (Å²) in [5, 5.41) is 0. The summed E-state index contributed by atoms with van der Waals surface area (Å²) in [4.78, 5) is 0. The van der Waals surface area contributed by atoms with Gasteiger partial charge in [-0.25, -0.2) is 0 Å². The first-order valence-corrected chi connectivity index (χ1v) is 9.39. The molecule has 0 aliphatic rings. The van der Waals surface area contributed by atoms with E-state index in [2.05, 4.69) is 45.0 Å². The molecule has 0 saturated carbocycles. The number of rotatable bonds is 4. The molecule has 0 amide bonds. The van der Waals surface area contributed by atoms with Gasteiger partial charge in [-0.05, 0) is 59.5 Å². The predicted octanol–water partition coefficient (Wildman–Crippen LogP) is 5.40. The van der Waals surface area contributed by atoms with Crippen LogP contribution < -0.4 is 17.2 Å². The lowest BCUT2D eigenvalue weighted by Gasteiger charge is -2.26. The number of nitrogens with two attached hydrogens (primary N) is 3. The predicted molar refractivity (Wildman–Crippen MR) is 119 cm³/mol. The fraction of sp³-hybridized carbons (Fsp3) is 0.250. The number of aryl methyl sites for hydroxylation is 1. The van der Waals surface area contributed by atoms with Crippen molar-refractivity contribution in [3.8, 4) is 0 Å². The quantitative estimate of drug-likeness (QED) is 0.545. The van der Waals surface area contributed by atoms with Crippen LogP contribution in [-0.4, -0.2) is 0 Å². The van der Waals surface area contributed by atoms with Gasteiger partial charge in [0.25, 0.3) is 0 Å². The summed E-state index contributed by atoms with van der Waals surface area (Å²) in [5.41, 5.74) is 23.3. The summed E-state index contributed by atoms with van der Waals surface area (Å²) in [5.74, 6) is 0. The number of anilines is 3. The maximum absolute atomic E-state index is 5.84. The summed E-state index contributed by atoms with van der Waals surface area (Å²) in [6, 6.07) is 24.1. The van der Waals surface area contributed by atoms with Gasteiger partial charge in [-0.3, -0.25) is 0 Å². The van der Waals surface area contributed by atoms with Crippen LogP contribution in [0, 0.1) is 0 Å². The summed E-state index contributed by atoms with van der Waals surface area (Å²) in [6.07, 6.45) is 2.31. The first kappa shape index (κ1) is 20.4. The Morgan fingerprint density at radius 1 is 0.667 bits per heavy atom. The van der Waals surface area contributed by atoms with E-state index in [1.807, 2.05) is 48.5 Å². The van der Waals surface area contributed by atoms with Gasteiger partial charge in [-0.1, -0.05) is 63.6 Å². The first-order valence-electron chi connectivity index (χ1n) is 9.39. The molecule has 0 radical (unpaired) electrons. The highest BCUT2D eigenvalue weighted by Crippen LogP contribution is 2.32. The van der Waals surface area contributed by atoms with Crippen molar-refractivity contribution in [2.24, 2.45) is 0 Å². The zero-order valence-corrected chi connectivity index (χ0v) is 16.6. The normalized spacial score (nSPS) is 10.8. The Bertz CT molecular complexity index is 852. The molecule has 3 aromatic rings. The van der Waals surface area contributed by atoms with Crippen LogP contribution in [0.2, 0.25) is 0 Å².